The number of allylic oxidation sites excluding steroid dienone is 1. The second kappa shape index (κ2) is 6.26. The molecule has 0 fully saturated rings. The van der Waals surface area contributed by atoms with Crippen LogP contribution in [0.1, 0.15) is 11.4 Å². The molecule has 0 aliphatic heterocycles. The zero-order chi connectivity index (χ0) is 17.3. The molecule has 0 bridgehead atoms. The van der Waals surface area contributed by atoms with Crippen molar-refractivity contribution in [1.82, 2.24) is 9.55 Å². The third-order valence-corrected chi connectivity index (χ3v) is 4.02. The van der Waals surface area contributed by atoms with Crippen molar-refractivity contribution in [1.29, 1.82) is 5.26 Å². The van der Waals surface area contributed by atoms with Gasteiger partial charge in [-0.3, -0.25) is 0 Å². The van der Waals surface area contributed by atoms with Crippen LogP contribution in [-0.2, 0) is 7.05 Å². The van der Waals surface area contributed by atoms with E-state index in [2.05, 4.69) is 11.1 Å². The first-order valence-corrected chi connectivity index (χ1v) is 7.53. The van der Waals surface area contributed by atoms with E-state index in [1.165, 1.54) is 7.11 Å². The van der Waals surface area contributed by atoms with Crippen molar-refractivity contribution < 1.29 is 9.84 Å². The van der Waals surface area contributed by atoms with E-state index in [0.29, 0.717) is 17.0 Å². The standard InChI is InChI=1S/C18H14ClN3O2/c1-22-15-6-4-3-5-14(15)21-18(22)12(10-20)7-11-8-13(19)17(23)16(9-11)24-2/h3-9,23H,1-2H3/b12-7+. The van der Waals surface area contributed by atoms with Crippen LogP contribution in [0.25, 0.3) is 22.7 Å². The van der Waals surface area contributed by atoms with E-state index in [0.717, 1.165) is 11.0 Å². The van der Waals surface area contributed by atoms with Crippen LogP contribution in [0.4, 0.5) is 0 Å². The van der Waals surface area contributed by atoms with E-state index in [-0.39, 0.29) is 16.5 Å². The van der Waals surface area contributed by atoms with E-state index in [9.17, 15) is 10.4 Å². The number of hydrogen-bond donors (Lipinski definition) is 1. The molecule has 0 atom stereocenters. The van der Waals surface area contributed by atoms with E-state index in [1.807, 2.05) is 35.9 Å². The highest BCUT2D eigenvalue weighted by atomic mass is 35.5. The van der Waals surface area contributed by atoms with Crippen LogP contribution in [-0.4, -0.2) is 21.8 Å². The van der Waals surface area contributed by atoms with E-state index < -0.39 is 0 Å². The number of aryl methyl sites for hydroxylation is 1. The van der Waals surface area contributed by atoms with Gasteiger partial charge in [-0.1, -0.05) is 23.7 Å². The summed E-state index contributed by atoms with van der Waals surface area (Å²) in [6.07, 6.45) is 1.66. The second-order valence-electron chi connectivity index (χ2n) is 5.21. The van der Waals surface area contributed by atoms with Crippen molar-refractivity contribution in [2.24, 2.45) is 7.05 Å². The topological polar surface area (TPSA) is 71.1 Å². The lowest BCUT2D eigenvalue weighted by Crippen LogP contribution is -1.96. The van der Waals surface area contributed by atoms with E-state index in [1.54, 1.807) is 18.2 Å². The first-order valence-electron chi connectivity index (χ1n) is 7.15. The molecule has 1 N–H and O–H groups in total. The Bertz CT molecular complexity index is 999. The Balaban J connectivity index is 2.15. The Labute approximate surface area is 144 Å². The number of para-hydroxylation sites is 2. The molecule has 0 aliphatic rings. The van der Waals surface area contributed by atoms with Crippen molar-refractivity contribution in [3.8, 4) is 17.6 Å². The van der Waals surface area contributed by atoms with Crippen LogP contribution >= 0.6 is 11.6 Å². The van der Waals surface area contributed by atoms with Gasteiger partial charge in [0.15, 0.2) is 17.3 Å². The minimum atomic E-state index is -0.127. The van der Waals surface area contributed by atoms with Crippen LogP contribution in [0.2, 0.25) is 5.02 Å². The highest BCUT2D eigenvalue weighted by molar-refractivity contribution is 6.32. The van der Waals surface area contributed by atoms with Gasteiger partial charge in [0.05, 0.1) is 28.7 Å². The molecule has 0 aliphatic carbocycles. The molecule has 0 radical (unpaired) electrons. The number of nitriles is 1. The Morgan fingerprint density at radius 1 is 1.38 bits per heavy atom. The van der Waals surface area contributed by atoms with Crippen LogP contribution in [0.3, 0.4) is 0 Å². The van der Waals surface area contributed by atoms with Crippen molar-refractivity contribution in [3.63, 3.8) is 0 Å². The number of phenols is 1. The van der Waals surface area contributed by atoms with Gasteiger partial charge in [0, 0.05) is 7.05 Å². The van der Waals surface area contributed by atoms with Crippen molar-refractivity contribution in [2.75, 3.05) is 7.11 Å². The molecule has 5 nitrogen and oxygen atoms in total. The van der Waals surface area contributed by atoms with Gasteiger partial charge in [-0.05, 0) is 35.9 Å². The number of fused-ring (bicyclic) bond motifs is 1. The maximum absolute atomic E-state index is 9.81. The van der Waals surface area contributed by atoms with Crippen molar-refractivity contribution >= 4 is 34.3 Å². The van der Waals surface area contributed by atoms with Gasteiger partial charge in [-0.2, -0.15) is 5.26 Å². The molecule has 3 aromatic rings. The molecule has 1 heterocycles. The number of rotatable bonds is 3. The number of imidazole rings is 1. The molecule has 1 aromatic heterocycles. The Kier molecular flexibility index (Phi) is 4.15. The zero-order valence-corrected chi connectivity index (χ0v) is 13.9. The smallest absolute Gasteiger partial charge is 0.176 e. The van der Waals surface area contributed by atoms with E-state index >= 15 is 0 Å². The van der Waals surface area contributed by atoms with Gasteiger partial charge in [0.25, 0.3) is 0 Å². The third kappa shape index (κ3) is 2.68. The molecule has 3 rings (SSSR count). The number of hydrogen-bond acceptors (Lipinski definition) is 4. The summed E-state index contributed by atoms with van der Waals surface area (Å²) in [6, 6.07) is 13.0. The number of benzene rings is 2. The van der Waals surface area contributed by atoms with Gasteiger partial charge in [-0.15, -0.1) is 0 Å². The van der Waals surface area contributed by atoms with Crippen LogP contribution in [0, 0.1) is 11.3 Å². The average molecular weight is 340 g/mol. The number of phenolic OH excluding ortho intramolecular Hbond substituents is 1. The Hall–Kier alpha value is -2.97. The molecule has 2 aromatic carbocycles. The molecule has 0 unspecified atom stereocenters. The normalized spacial score (nSPS) is 11.5. The summed E-state index contributed by atoms with van der Waals surface area (Å²) < 4.78 is 6.96. The van der Waals surface area contributed by atoms with Crippen LogP contribution < -0.4 is 4.74 Å². The minimum Gasteiger partial charge on any atom is -0.503 e. The highest BCUT2D eigenvalue weighted by Crippen LogP contribution is 2.36. The molecule has 0 saturated heterocycles. The van der Waals surface area contributed by atoms with E-state index in [4.69, 9.17) is 16.3 Å². The lowest BCUT2D eigenvalue weighted by molar-refractivity contribution is 0.373. The number of ether oxygens (including phenoxy) is 1. The lowest BCUT2D eigenvalue weighted by Gasteiger charge is -2.07. The first kappa shape index (κ1) is 15.9. The van der Waals surface area contributed by atoms with Gasteiger partial charge < -0.3 is 14.4 Å². The predicted molar refractivity (Wildman–Crippen MR) is 93.9 cm³/mol. The SMILES string of the molecule is COc1cc(/C=C(\C#N)c2nc3ccccc3n2C)cc(Cl)c1O. The molecule has 0 amide bonds. The Morgan fingerprint density at radius 3 is 2.79 bits per heavy atom. The summed E-state index contributed by atoms with van der Waals surface area (Å²) in [7, 11) is 3.30. The summed E-state index contributed by atoms with van der Waals surface area (Å²) in [4.78, 5) is 4.52. The maximum Gasteiger partial charge on any atom is 0.176 e. The number of aromatic hydroxyl groups is 1. The largest absolute Gasteiger partial charge is 0.503 e. The predicted octanol–water partition coefficient (Wildman–Crippen LogP) is 4.01. The summed E-state index contributed by atoms with van der Waals surface area (Å²) in [5, 5.41) is 19.5. The van der Waals surface area contributed by atoms with Gasteiger partial charge >= 0.3 is 0 Å². The van der Waals surface area contributed by atoms with Gasteiger partial charge in [-0.25, -0.2) is 4.98 Å². The second-order valence-corrected chi connectivity index (χ2v) is 5.61. The fourth-order valence-electron chi connectivity index (χ4n) is 2.53. The quantitative estimate of drug-likeness (QED) is 0.732. The molecule has 6 heteroatoms. The molecule has 24 heavy (non-hydrogen) atoms. The van der Waals surface area contributed by atoms with Gasteiger partial charge in [0.1, 0.15) is 6.07 Å². The Morgan fingerprint density at radius 2 is 2.12 bits per heavy atom. The van der Waals surface area contributed by atoms with Gasteiger partial charge in [0.2, 0.25) is 0 Å². The average Bonchev–Trinajstić information content (AvgIpc) is 2.92. The lowest BCUT2D eigenvalue weighted by atomic mass is 10.1. The molecular formula is C18H14ClN3O2. The fourth-order valence-corrected chi connectivity index (χ4v) is 2.75. The monoisotopic (exact) mass is 339 g/mol. The molecule has 0 spiro atoms. The third-order valence-electron chi connectivity index (χ3n) is 3.73. The number of methoxy groups -OCH3 is 1. The number of halogens is 1. The summed E-state index contributed by atoms with van der Waals surface area (Å²) in [5.41, 5.74) is 2.78. The molecule has 0 saturated carbocycles. The van der Waals surface area contributed by atoms with Crippen molar-refractivity contribution in [3.05, 3.63) is 52.8 Å². The maximum atomic E-state index is 9.81. The van der Waals surface area contributed by atoms with Crippen LogP contribution in [0.15, 0.2) is 36.4 Å². The summed E-state index contributed by atoms with van der Waals surface area (Å²) in [5.74, 6) is 0.676. The summed E-state index contributed by atoms with van der Waals surface area (Å²) in [6.45, 7) is 0. The van der Waals surface area contributed by atoms with Crippen molar-refractivity contribution in [2.45, 2.75) is 0 Å². The number of aromatic nitrogens is 2. The number of nitrogens with zero attached hydrogens (tertiary/aromatic N) is 3. The fraction of sp³-hybridized carbons (Fsp3) is 0.111. The summed E-state index contributed by atoms with van der Waals surface area (Å²) >= 11 is 6.00. The zero-order valence-electron chi connectivity index (χ0n) is 13.1. The molecule has 120 valence electrons. The highest BCUT2D eigenvalue weighted by Gasteiger charge is 2.13. The molecular weight excluding hydrogens is 326 g/mol. The minimum absolute atomic E-state index is 0.127. The van der Waals surface area contributed by atoms with Crippen LogP contribution in [0.5, 0.6) is 11.5 Å². The first-order chi connectivity index (χ1) is 11.5.